The predicted molar refractivity (Wildman–Crippen MR) is 419 cm³/mol. The van der Waals surface area contributed by atoms with E-state index >= 15 is 0 Å². The van der Waals surface area contributed by atoms with E-state index in [4.69, 9.17) is 136 Å². The van der Waals surface area contributed by atoms with E-state index in [9.17, 15) is 126 Å². The van der Waals surface area contributed by atoms with Gasteiger partial charge in [-0.05, 0) is 67.5 Å². The van der Waals surface area contributed by atoms with Gasteiger partial charge in [0, 0.05) is 28.9 Å². The number of phenols is 1. The number of rotatable bonds is 20. The van der Waals surface area contributed by atoms with Crippen LogP contribution in [0.4, 0.5) is 0 Å². The van der Waals surface area contributed by atoms with Crippen LogP contribution in [0.3, 0.4) is 0 Å². The number of fused-ring (bicyclic) bond motifs is 3. The number of nitrogens with one attached hydrogen (secondary N) is 6. The van der Waals surface area contributed by atoms with Crippen LogP contribution in [0.25, 0.3) is 0 Å². The van der Waals surface area contributed by atoms with Gasteiger partial charge in [0.1, 0.15) is 133 Å². The zero-order valence-corrected chi connectivity index (χ0v) is 72.0. The van der Waals surface area contributed by atoms with Crippen LogP contribution in [0.1, 0.15) is 43.6 Å². The maximum absolute atomic E-state index is 13.4. The first-order chi connectivity index (χ1) is 58.6. The molecule has 0 bridgehead atoms. The Bertz CT molecular complexity index is 4280. The Hall–Kier alpha value is -7.04. The number of Topliss-reactive ketones (excluding diaryl/α,β-unsaturated/α-hetero) is 3. The first-order valence-corrected chi connectivity index (χ1v) is 41.6. The number of aldehydes is 2. The van der Waals surface area contributed by atoms with Gasteiger partial charge < -0.3 is 196 Å². The number of hydrogen-bond donors (Lipinski definition) is 38. The van der Waals surface area contributed by atoms with Gasteiger partial charge >= 0.3 is 31.2 Å². The molecule has 745 valence electrons. The second-order valence-corrected chi connectivity index (χ2v) is 33.5. The minimum atomic E-state index is -4.67. The van der Waals surface area contributed by atoms with E-state index in [2.05, 4.69) is 31.3 Å². The molecule has 1 radical (unpaired) electrons. The fraction of sp³-hybridized carbons (Fsp3) is 0.738. The van der Waals surface area contributed by atoms with Crippen molar-refractivity contribution in [1.29, 1.82) is 10.8 Å². The number of hydrogen-bond acceptors (Lipinski definition) is 46. The molecular formula is C65H111CuN15O45S3. The Kier molecular flexibility index (Phi) is 39.7. The first-order valence-electron chi connectivity index (χ1n) is 37.4. The number of aliphatic imine (C=N–C) groups is 2. The maximum atomic E-state index is 13.4. The minimum absolute atomic E-state index is 0. The van der Waals surface area contributed by atoms with Crippen molar-refractivity contribution in [1.82, 2.24) is 26.2 Å². The number of carbonyl (C=O) groups excluding carboxylic acids is 5. The second-order valence-electron chi connectivity index (χ2n) is 30.8. The third-order valence-corrected chi connectivity index (χ3v) is 22.4. The maximum Gasteiger partial charge on any atom is 0.394 e. The van der Waals surface area contributed by atoms with E-state index in [-0.39, 0.29) is 40.8 Å². The molecule has 3 saturated carbocycles. The van der Waals surface area contributed by atoms with Crippen molar-refractivity contribution in [3.05, 3.63) is 40.7 Å². The monoisotopic (exact) mass is 1980 g/mol. The normalized spacial score (nSPS) is 41.1. The van der Waals surface area contributed by atoms with Crippen molar-refractivity contribution in [3.8, 4) is 5.75 Å². The van der Waals surface area contributed by atoms with Gasteiger partial charge in [0.05, 0.1) is 78.8 Å². The van der Waals surface area contributed by atoms with E-state index in [1.165, 1.54) is 72.1 Å². The Morgan fingerprint density at radius 2 is 0.899 bits per heavy atom. The Morgan fingerprint density at radius 3 is 1.20 bits per heavy atom. The minimum Gasteiger partial charge on any atom is -0.508 e. The number of nitrogens with zero attached hydrogens (tertiary/aromatic N) is 3. The van der Waals surface area contributed by atoms with Crippen molar-refractivity contribution in [3.63, 3.8) is 0 Å². The van der Waals surface area contributed by atoms with E-state index in [1.807, 2.05) is 0 Å². The zero-order chi connectivity index (χ0) is 98.5. The van der Waals surface area contributed by atoms with Gasteiger partial charge in [-0.2, -0.15) is 25.3 Å². The predicted octanol–water partition coefficient (Wildman–Crippen LogP) is -18.8. The third kappa shape index (κ3) is 25.5. The molecule has 4 heterocycles. The summed E-state index contributed by atoms with van der Waals surface area (Å²) < 4.78 is 141. The number of phenolic OH excluding ortho intramolecular Hbond substituents is 1. The molecule has 4 saturated heterocycles. The number of ether oxygens (including phenoxy) is 8. The van der Waals surface area contributed by atoms with E-state index < -0.39 is 332 Å². The topological polar surface area (TPSA) is 1070 Å². The summed E-state index contributed by atoms with van der Waals surface area (Å²) in [6.07, 6.45) is -38.5. The van der Waals surface area contributed by atoms with Crippen molar-refractivity contribution in [2.45, 2.75) is 240 Å². The van der Waals surface area contributed by atoms with Crippen LogP contribution in [0, 0.1) is 28.6 Å². The molecule has 0 amide bonds. The molecule has 0 aromatic heterocycles. The summed E-state index contributed by atoms with van der Waals surface area (Å²) in [4.78, 5) is 71.7. The molecule has 7 fully saturated rings. The number of aliphatic hydroxyl groups excluding tert-OH is 15. The van der Waals surface area contributed by atoms with Crippen LogP contribution in [-0.2, 0) is 111 Å². The van der Waals surface area contributed by atoms with Crippen LogP contribution in [0.2, 0.25) is 0 Å². The van der Waals surface area contributed by atoms with Crippen molar-refractivity contribution < 1.29 is 234 Å². The molecule has 129 heavy (non-hydrogen) atoms. The van der Waals surface area contributed by atoms with Crippen LogP contribution in [-0.4, -0.2) is 461 Å². The molecule has 4 unspecified atom stereocenters. The second kappa shape index (κ2) is 44.9. The number of aliphatic hydroxyl groups is 19. The number of carbonyl (C=O) groups is 5. The molecule has 60 nitrogen and oxygen atoms in total. The van der Waals surface area contributed by atoms with Crippen molar-refractivity contribution in [2.75, 3.05) is 41.4 Å². The number of guanidine groups is 4. The van der Waals surface area contributed by atoms with Crippen LogP contribution in [0.5, 0.6) is 5.75 Å². The molecule has 44 N–H and O–H groups in total. The number of likely N-dealkylation sites (N-methyl/N-ethyl adjacent to an activating group) is 3. The molecule has 64 heteroatoms. The number of nitrogens with two attached hydrogens (primary N) is 6. The standard InChI is InChI=1S/C23H27NO9.2C21H39N7O12.Cu.3H2O4S/c1-8(25)11-18(28)16(24(3)4)15-19(29)14-13(21(31)23(15,33)20(11)30)17(27)12-9(22(14,2)32)6-5-7-10(12)26;2*1-5-21(36,4-30)16(40-17-9(26-2)13(34)10(31)6(3-29)38-17)18(37-5)39-15-8(28-20(24)25)11(32)7(27-19(22)23)12(33)14(15)35;;3*1-5(2,3)4/h5-7,13-16,19,21,26,29-33H,1-4H3;2*4-18,26,29,31-36H,3H2,1-2H3,(H4,22,23,27)(H4,24,25,28);;3*(H2,1,2,3,4)/t13?,14-,15-,16+,19+,21?,22-,23-;2*5-,6-,7+,8-,9?,10-,11+,12-,13-,14+,15+,16-,17-,18-,21+;;;;/m100..../s1. The quantitative estimate of drug-likeness (QED) is 0.0144. The first kappa shape index (κ1) is 114. The molecule has 5 aliphatic carbocycles. The number of aromatic hydroxyl groups is 1. The van der Waals surface area contributed by atoms with Gasteiger partial charge in [-0.3, -0.25) is 67.0 Å². The Balaban J connectivity index is 0.000000374. The summed E-state index contributed by atoms with van der Waals surface area (Å²) in [6, 6.07) is -5.34. The van der Waals surface area contributed by atoms with Crippen LogP contribution < -0.4 is 55.7 Å². The summed E-state index contributed by atoms with van der Waals surface area (Å²) in [5.74, 6) is -11.1. The average molecular weight is 1980 g/mol. The largest absolute Gasteiger partial charge is 0.508 e. The molecule has 38 atom stereocenters. The Labute approximate surface area is 742 Å². The van der Waals surface area contributed by atoms with Crippen molar-refractivity contribution >= 4 is 85.0 Å². The summed E-state index contributed by atoms with van der Waals surface area (Å²) in [5, 5.41) is 240. The van der Waals surface area contributed by atoms with Gasteiger partial charge in [-0.1, -0.05) is 12.1 Å². The summed E-state index contributed by atoms with van der Waals surface area (Å²) in [5.41, 5.74) is 21.9. The van der Waals surface area contributed by atoms with Gasteiger partial charge in [0.2, 0.25) is 0 Å². The smallest absolute Gasteiger partial charge is 0.394 e. The van der Waals surface area contributed by atoms with Crippen molar-refractivity contribution in [2.24, 2.45) is 62.1 Å². The fourth-order valence-corrected chi connectivity index (χ4v) is 16.4. The van der Waals surface area contributed by atoms with E-state index in [1.54, 1.807) is 0 Å². The van der Waals surface area contributed by atoms with E-state index in [0.717, 1.165) is 6.92 Å². The molecule has 10 rings (SSSR count). The number of ketones is 3. The zero-order valence-electron chi connectivity index (χ0n) is 68.6. The van der Waals surface area contributed by atoms with Gasteiger partial charge in [0.15, 0.2) is 95.7 Å². The Morgan fingerprint density at radius 1 is 0.543 bits per heavy atom. The van der Waals surface area contributed by atoms with Gasteiger partial charge in [-0.25, -0.2) is 9.98 Å². The third-order valence-electron chi connectivity index (χ3n) is 22.4. The number of benzene rings is 1. The molecular weight excluding hydrogens is 1870 g/mol. The molecule has 1 aromatic rings. The van der Waals surface area contributed by atoms with Gasteiger partial charge in [0.25, 0.3) is 0 Å². The molecule has 4 aliphatic heterocycles. The average Bonchev–Trinajstić information content (AvgIpc) is 1.28. The fourth-order valence-electron chi connectivity index (χ4n) is 16.4. The van der Waals surface area contributed by atoms with Crippen LogP contribution in [0.15, 0.2) is 39.5 Å². The SMILES string of the molecule is CC(=O)C1=C(O)[C@@]2(O)C(O)C3C(=O)c4c(O)cccc4[C@@](C)(O)[C@H]3[C@H](O)[C@H]2[C@H](N(C)C)C1=O.CNC1[C@H](O[C@H]2[C@H](O[C@H]3[C@H](O)[C@@H](O)[C@H](N=C(N)N)[C@@H](O)[C@@H]3NC(=N)N)O[C@@H](C)[C@]2(O)C=O)O[C@@H](CO)[C@H](O)[C@H]1O.CNC1[C@H](O[C@H]2[C@H](O[C@H]3[C@H](O)[C@@H](O)[C@H](N=C(N)N)[C@@H](O)[C@@H]3NC(=N)N)O[C@@H](C)[C@]2(O)C=O)O[C@@H](CO)[C@H](O)[C@H]1O.O=S(=O)(O)O.O=S(=O)(O)O.O=S(=O)(O)O.[Cu]. The summed E-state index contributed by atoms with van der Waals surface area (Å²) >= 11 is 0. The molecule has 1 aromatic carbocycles. The molecule has 9 aliphatic rings. The molecule has 0 spiro atoms. The van der Waals surface area contributed by atoms with E-state index in [0.29, 0.717) is 0 Å². The van der Waals surface area contributed by atoms with Gasteiger partial charge in [-0.15, -0.1) is 0 Å². The summed E-state index contributed by atoms with van der Waals surface area (Å²) in [7, 11) is -8.24. The summed E-state index contributed by atoms with van der Waals surface area (Å²) in [6.45, 7) is 3.55. The van der Waals surface area contributed by atoms with Crippen LogP contribution >= 0.6 is 0 Å².